The maximum Gasteiger partial charge on any atom is 0.300 e. The SMILES string of the molecule is C=C(c1ccc(Cl)cc1)N1CCN([C@@H]2CCC[C@H]2O)CC1.C=C(c1ccc(Cl)cc1)N1CCN([C@@H]2CN(C(C)=O)C[C@H]2O)CC1.CC(=O)O.Cl. The predicted molar refractivity (Wildman–Crippen MR) is 204 cm³/mol. The van der Waals surface area contributed by atoms with Crippen LogP contribution in [0.3, 0.4) is 0 Å². The molecule has 1 amide bonds. The number of carbonyl (C=O) groups excluding carboxylic acids is 1. The standard InChI is InChI=1S/C18H24ClN3O2.C17H23ClN2O.C2H4O2.ClH/c1-13(15-3-5-16(19)6-4-15)20-7-9-21(10-8-20)17-11-22(14(2)23)12-18(17)24;1-13(14-5-7-15(18)8-6-14)19-9-11-20(12-10-19)16-3-2-4-17(16)21;1-2(3)4;/h3-6,17-18,24H,1,7-12H2,2H3;5-8,16-17,21H,1-4,9-12H2;1H3,(H,3,4);1H/t17-,18-;16-,17-;;/m11../s1. The highest BCUT2D eigenvalue weighted by molar-refractivity contribution is 6.30. The number of hydrogen-bond donors (Lipinski definition) is 3. The molecule has 4 aliphatic rings. The Morgan fingerprint density at radius 2 is 1.04 bits per heavy atom. The maximum absolute atomic E-state index is 11.5. The molecule has 1 aliphatic carbocycles. The summed E-state index contributed by atoms with van der Waals surface area (Å²) < 4.78 is 0. The van der Waals surface area contributed by atoms with Gasteiger partial charge in [0, 0.05) is 107 Å². The third-order valence-corrected chi connectivity index (χ3v) is 10.3. The highest BCUT2D eigenvalue weighted by atomic mass is 35.5. The Morgan fingerprint density at radius 3 is 1.38 bits per heavy atom. The number of amides is 1. The summed E-state index contributed by atoms with van der Waals surface area (Å²) in [4.78, 5) is 31.6. The summed E-state index contributed by atoms with van der Waals surface area (Å²) in [5.41, 5.74) is 4.28. The van der Waals surface area contributed by atoms with Gasteiger partial charge >= 0.3 is 0 Å². The van der Waals surface area contributed by atoms with Gasteiger partial charge in [-0.25, -0.2) is 0 Å². The Morgan fingerprint density at radius 1 is 0.640 bits per heavy atom. The minimum Gasteiger partial charge on any atom is -0.481 e. The molecule has 1 saturated carbocycles. The molecule has 0 spiro atoms. The Hall–Kier alpha value is -2.83. The van der Waals surface area contributed by atoms with Crippen LogP contribution in [0.1, 0.15) is 44.2 Å². The average Bonchev–Trinajstić information content (AvgIpc) is 3.70. The maximum atomic E-state index is 11.5. The van der Waals surface area contributed by atoms with E-state index in [0.29, 0.717) is 19.1 Å². The lowest BCUT2D eigenvalue weighted by Crippen LogP contribution is -2.53. The zero-order chi connectivity index (χ0) is 35.7. The number of β-amino-alcohol motifs (C(OH)–C–C–N with tert-alkyl or cyclic N) is 1. The van der Waals surface area contributed by atoms with E-state index in [0.717, 1.165) is 111 Å². The van der Waals surface area contributed by atoms with E-state index in [1.54, 1.807) is 11.8 Å². The van der Waals surface area contributed by atoms with Crippen LogP contribution in [0.5, 0.6) is 0 Å². The van der Waals surface area contributed by atoms with Crippen molar-refractivity contribution < 1.29 is 24.9 Å². The van der Waals surface area contributed by atoms with Crippen LogP contribution in [0.25, 0.3) is 11.4 Å². The molecule has 13 heteroatoms. The summed E-state index contributed by atoms with van der Waals surface area (Å²) in [7, 11) is 0. The zero-order valence-corrected chi connectivity index (χ0v) is 31.4. The van der Waals surface area contributed by atoms with Gasteiger partial charge in [0.2, 0.25) is 5.91 Å². The van der Waals surface area contributed by atoms with E-state index in [1.807, 2.05) is 48.5 Å². The monoisotopic (exact) mass is 751 g/mol. The lowest BCUT2D eigenvalue weighted by Gasteiger charge is -2.40. The van der Waals surface area contributed by atoms with Gasteiger partial charge in [-0.3, -0.25) is 19.4 Å². The van der Waals surface area contributed by atoms with Gasteiger partial charge in [0.05, 0.1) is 18.2 Å². The smallest absolute Gasteiger partial charge is 0.300 e. The molecule has 0 bridgehead atoms. The molecule has 3 N–H and O–H groups in total. The van der Waals surface area contributed by atoms with Gasteiger partial charge in [0.15, 0.2) is 0 Å². The lowest BCUT2D eigenvalue weighted by molar-refractivity contribution is -0.134. The number of aliphatic hydroxyl groups excluding tert-OH is 2. The number of carbonyl (C=O) groups is 2. The highest BCUT2D eigenvalue weighted by Gasteiger charge is 2.38. The van der Waals surface area contributed by atoms with Crippen LogP contribution in [0, 0.1) is 0 Å². The summed E-state index contributed by atoms with van der Waals surface area (Å²) in [5.74, 6) is -0.800. The fraction of sp³-hybridized carbons (Fsp3) is 0.514. The Kier molecular flexibility index (Phi) is 16.4. The molecule has 0 radical (unpaired) electrons. The van der Waals surface area contributed by atoms with Crippen LogP contribution in [-0.2, 0) is 9.59 Å². The lowest BCUT2D eigenvalue weighted by atomic mass is 10.1. The first-order chi connectivity index (χ1) is 23.3. The normalized spacial score (nSPS) is 23.9. The van der Waals surface area contributed by atoms with Gasteiger partial charge in [-0.2, -0.15) is 0 Å². The van der Waals surface area contributed by atoms with E-state index in [2.05, 4.69) is 32.8 Å². The summed E-state index contributed by atoms with van der Waals surface area (Å²) in [6.45, 7) is 19.6. The third kappa shape index (κ3) is 11.6. The number of nitrogens with zero attached hydrogens (tertiary/aromatic N) is 5. The van der Waals surface area contributed by atoms with E-state index >= 15 is 0 Å². The molecule has 4 fully saturated rings. The number of likely N-dealkylation sites (tertiary alicyclic amines) is 1. The van der Waals surface area contributed by atoms with Gasteiger partial charge in [-0.1, -0.05) is 60.6 Å². The summed E-state index contributed by atoms with van der Waals surface area (Å²) in [5, 5.41) is 29.2. The molecule has 2 aromatic carbocycles. The van der Waals surface area contributed by atoms with Crippen molar-refractivity contribution in [3.63, 3.8) is 0 Å². The molecule has 0 aromatic heterocycles. The van der Waals surface area contributed by atoms with Crippen molar-refractivity contribution in [2.75, 3.05) is 65.4 Å². The second-order valence-electron chi connectivity index (χ2n) is 13.1. The molecule has 2 aromatic rings. The number of carboxylic acid groups (broad SMARTS) is 1. The van der Waals surface area contributed by atoms with Gasteiger partial charge in [0.25, 0.3) is 5.97 Å². The van der Waals surface area contributed by atoms with E-state index in [1.165, 1.54) is 0 Å². The highest BCUT2D eigenvalue weighted by Crippen LogP contribution is 2.28. The largest absolute Gasteiger partial charge is 0.481 e. The number of carboxylic acids is 1. The Bertz CT molecular complexity index is 1410. The van der Waals surface area contributed by atoms with Crippen LogP contribution in [0.4, 0.5) is 0 Å². The quantitative estimate of drug-likeness (QED) is 0.381. The Balaban J connectivity index is 0.000000242. The van der Waals surface area contributed by atoms with E-state index in [-0.39, 0.29) is 30.5 Å². The minimum atomic E-state index is -0.833. The number of piperazine rings is 2. The number of halogens is 3. The van der Waals surface area contributed by atoms with E-state index < -0.39 is 12.1 Å². The van der Waals surface area contributed by atoms with Gasteiger partial charge in [-0.15, -0.1) is 12.4 Å². The molecule has 3 heterocycles. The zero-order valence-electron chi connectivity index (χ0n) is 29.1. The molecule has 6 rings (SSSR count). The summed E-state index contributed by atoms with van der Waals surface area (Å²) in [6, 6.07) is 16.0. The molecular weight excluding hydrogens is 701 g/mol. The third-order valence-electron chi connectivity index (χ3n) is 9.83. The van der Waals surface area contributed by atoms with Crippen LogP contribution in [0.15, 0.2) is 61.7 Å². The van der Waals surface area contributed by atoms with Crippen molar-refractivity contribution in [1.82, 2.24) is 24.5 Å². The van der Waals surface area contributed by atoms with E-state index in [9.17, 15) is 15.0 Å². The number of hydrogen-bond acceptors (Lipinski definition) is 8. The molecule has 50 heavy (non-hydrogen) atoms. The molecule has 4 atom stereocenters. The van der Waals surface area contributed by atoms with Gasteiger partial charge < -0.3 is 30.0 Å². The first kappa shape index (κ1) is 41.6. The minimum absolute atomic E-state index is 0. The molecule has 276 valence electrons. The number of aliphatic carboxylic acids is 1. The number of aliphatic hydroxyl groups is 2. The van der Waals surface area contributed by atoms with Crippen LogP contribution >= 0.6 is 35.6 Å². The van der Waals surface area contributed by atoms with E-state index in [4.69, 9.17) is 33.1 Å². The fourth-order valence-corrected chi connectivity index (χ4v) is 7.28. The predicted octanol–water partition coefficient (Wildman–Crippen LogP) is 4.87. The fourth-order valence-electron chi connectivity index (χ4n) is 7.03. The topological polar surface area (TPSA) is 111 Å². The number of benzene rings is 2. The van der Waals surface area contributed by atoms with Crippen molar-refractivity contribution in [2.45, 2.75) is 57.4 Å². The molecule has 0 unspecified atom stereocenters. The average molecular weight is 753 g/mol. The number of rotatable bonds is 6. The van der Waals surface area contributed by atoms with Gasteiger partial charge in [-0.05, 0) is 54.7 Å². The molecule has 10 nitrogen and oxygen atoms in total. The molecule has 3 saturated heterocycles. The van der Waals surface area contributed by atoms with Crippen LogP contribution < -0.4 is 0 Å². The van der Waals surface area contributed by atoms with Crippen molar-refractivity contribution in [2.24, 2.45) is 0 Å². The molecular formula is C37H52Cl3N5O5. The van der Waals surface area contributed by atoms with Crippen LogP contribution in [-0.4, -0.2) is 141 Å². The second kappa shape index (κ2) is 19.7. The first-order valence-corrected chi connectivity index (χ1v) is 17.8. The van der Waals surface area contributed by atoms with Crippen molar-refractivity contribution in [3.05, 3.63) is 82.9 Å². The Labute approximate surface area is 312 Å². The summed E-state index contributed by atoms with van der Waals surface area (Å²) >= 11 is 11.9. The second-order valence-corrected chi connectivity index (χ2v) is 14.0. The summed E-state index contributed by atoms with van der Waals surface area (Å²) in [6.07, 6.45) is 2.67. The first-order valence-electron chi connectivity index (χ1n) is 17.0. The van der Waals surface area contributed by atoms with Crippen molar-refractivity contribution in [3.8, 4) is 0 Å². The van der Waals surface area contributed by atoms with Crippen molar-refractivity contribution in [1.29, 1.82) is 0 Å². The molecule has 3 aliphatic heterocycles. The van der Waals surface area contributed by atoms with Gasteiger partial charge in [0.1, 0.15) is 0 Å². The van der Waals surface area contributed by atoms with Crippen molar-refractivity contribution >= 4 is 58.9 Å². The van der Waals surface area contributed by atoms with Crippen LogP contribution in [0.2, 0.25) is 10.0 Å².